The molecule has 1 aliphatic heterocycles. The summed E-state index contributed by atoms with van der Waals surface area (Å²) in [6.45, 7) is 0.393. The van der Waals surface area contributed by atoms with E-state index < -0.39 is 17.9 Å². The summed E-state index contributed by atoms with van der Waals surface area (Å²) in [4.78, 5) is 0. The van der Waals surface area contributed by atoms with E-state index in [1.165, 1.54) is 17.1 Å². The number of hydrazone groups is 1. The van der Waals surface area contributed by atoms with Crippen LogP contribution in [0.15, 0.2) is 59.7 Å². The third-order valence-corrected chi connectivity index (χ3v) is 4.03. The molecule has 0 bridgehead atoms. The molecule has 0 spiro atoms. The van der Waals surface area contributed by atoms with Crippen molar-refractivity contribution in [3.05, 3.63) is 80.9 Å². The zero-order valence-corrected chi connectivity index (χ0v) is 14.1. The van der Waals surface area contributed by atoms with Gasteiger partial charge < -0.3 is 5.11 Å². The van der Waals surface area contributed by atoms with Crippen molar-refractivity contribution in [1.82, 2.24) is 5.01 Å². The van der Waals surface area contributed by atoms with Crippen molar-refractivity contribution in [2.45, 2.75) is 12.8 Å². The number of aliphatic hydroxyl groups is 1. The molecule has 2 aromatic rings. The standard InChI is InChI=1S/C17H13F2IN2O/c18-13-7-12(8-14(19)9-13)16-4-5-17(23)22(21-16)10-11-2-1-3-15(20)6-11/h1-9,17,23H,10H2. The molecule has 3 nitrogen and oxygen atoms in total. The minimum absolute atomic E-state index is 0.332. The zero-order chi connectivity index (χ0) is 16.4. The van der Waals surface area contributed by atoms with E-state index in [2.05, 4.69) is 27.7 Å². The van der Waals surface area contributed by atoms with Gasteiger partial charge in [-0.2, -0.15) is 5.10 Å². The molecule has 1 unspecified atom stereocenters. The number of halogens is 3. The topological polar surface area (TPSA) is 35.8 Å². The maximum absolute atomic E-state index is 13.4. The fourth-order valence-corrected chi connectivity index (χ4v) is 2.92. The van der Waals surface area contributed by atoms with Crippen molar-refractivity contribution in [1.29, 1.82) is 0 Å². The Balaban J connectivity index is 1.88. The summed E-state index contributed by atoms with van der Waals surface area (Å²) < 4.78 is 27.8. The maximum Gasteiger partial charge on any atom is 0.162 e. The lowest BCUT2D eigenvalue weighted by atomic mass is 10.1. The lowest BCUT2D eigenvalue weighted by Crippen LogP contribution is -2.32. The molecule has 0 radical (unpaired) electrons. The first kappa shape index (κ1) is 16.1. The monoisotopic (exact) mass is 426 g/mol. The van der Waals surface area contributed by atoms with E-state index in [9.17, 15) is 13.9 Å². The Labute approximate surface area is 146 Å². The number of hydrogen-bond acceptors (Lipinski definition) is 3. The Hall–Kier alpha value is -1.80. The number of rotatable bonds is 3. The molecule has 0 saturated carbocycles. The third-order valence-electron chi connectivity index (χ3n) is 3.36. The first-order valence-corrected chi connectivity index (χ1v) is 8.01. The van der Waals surface area contributed by atoms with Crippen molar-refractivity contribution in [3.63, 3.8) is 0 Å². The molecule has 0 amide bonds. The number of nitrogens with zero attached hydrogens (tertiary/aromatic N) is 2. The van der Waals surface area contributed by atoms with Crippen molar-refractivity contribution in [2.75, 3.05) is 0 Å². The maximum atomic E-state index is 13.4. The van der Waals surface area contributed by atoms with Crippen LogP contribution in [0.25, 0.3) is 0 Å². The predicted molar refractivity (Wildman–Crippen MR) is 92.7 cm³/mol. The highest BCUT2D eigenvalue weighted by Gasteiger charge is 2.18. The van der Waals surface area contributed by atoms with E-state index in [0.29, 0.717) is 17.8 Å². The fraction of sp³-hybridized carbons (Fsp3) is 0.118. The third kappa shape index (κ3) is 3.94. The van der Waals surface area contributed by atoms with Gasteiger partial charge in [-0.3, -0.25) is 5.01 Å². The SMILES string of the molecule is OC1C=CC(c2cc(F)cc(F)c2)=NN1Cc1cccc(I)c1. The smallest absolute Gasteiger partial charge is 0.162 e. The quantitative estimate of drug-likeness (QED) is 0.761. The summed E-state index contributed by atoms with van der Waals surface area (Å²) in [6, 6.07) is 11.1. The van der Waals surface area contributed by atoms with Gasteiger partial charge in [0.15, 0.2) is 6.23 Å². The normalized spacial score (nSPS) is 17.3. The highest BCUT2D eigenvalue weighted by molar-refractivity contribution is 14.1. The van der Waals surface area contributed by atoms with Crippen LogP contribution in [0, 0.1) is 15.2 Å². The van der Waals surface area contributed by atoms with Crippen LogP contribution in [0.1, 0.15) is 11.1 Å². The number of aliphatic hydroxyl groups excluding tert-OH is 1. The summed E-state index contributed by atoms with van der Waals surface area (Å²) in [7, 11) is 0. The second-order valence-electron chi connectivity index (χ2n) is 5.14. The van der Waals surface area contributed by atoms with Crippen LogP contribution >= 0.6 is 22.6 Å². The number of allylic oxidation sites excluding steroid dienone is 1. The molecule has 0 aliphatic carbocycles. The van der Waals surface area contributed by atoms with E-state index in [1.807, 2.05) is 24.3 Å². The first-order chi connectivity index (χ1) is 11.0. The van der Waals surface area contributed by atoms with Gasteiger partial charge in [0.2, 0.25) is 0 Å². The average molecular weight is 426 g/mol. The van der Waals surface area contributed by atoms with Gasteiger partial charge in [-0.25, -0.2) is 8.78 Å². The molecule has 2 aromatic carbocycles. The van der Waals surface area contributed by atoms with Crippen molar-refractivity contribution in [3.8, 4) is 0 Å². The van der Waals surface area contributed by atoms with Gasteiger partial charge in [-0.1, -0.05) is 12.1 Å². The van der Waals surface area contributed by atoms with Gasteiger partial charge >= 0.3 is 0 Å². The zero-order valence-electron chi connectivity index (χ0n) is 12.0. The number of benzene rings is 2. The molecule has 0 saturated heterocycles. The van der Waals surface area contributed by atoms with E-state index in [1.54, 1.807) is 12.2 Å². The molecular formula is C17H13F2IN2O. The summed E-state index contributed by atoms with van der Waals surface area (Å²) >= 11 is 2.21. The molecule has 0 aromatic heterocycles. The lowest BCUT2D eigenvalue weighted by molar-refractivity contribution is 0.0358. The largest absolute Gasteiger partial charge is 0.369 e. The second-order valence-corrected chi connectivity index (χ2v) is 6.39. The molecular weight excluding hydrogens is 413 g/mol. The minimum Gasteiger partial charge on any atom is -0.369 e. The van der Waals surface area contributed by atoms with Gasteiger partial charge in [0.25, 0.3) is 0 Å². The van der Waals surface area contributed by atoms with Crippen molar-refractivity contribution < 1.29 is 13.9 Å². The Morgan fingerprint density at radius 3 is 2.57 bits per heavy atom. The van der Waals surface area contributed by atoms with Gasteiger partial charge in [0, 0.05) is 15.2 Å². The highest BCUT2D eigenvalue weighted by atomic mass is 127. The molecule has 3 rings (SSSR count). The Bertz CT molecular complexity index is 772. The van der Waals surface area contributed by atoms with Crippen LogP contribution in [0.2, 0.25) is 0 Å². The summed E-state index contributed by atoms with van der Waals surface area (Å²) in [5.41, 5.74) is 1.72. The summed E-state index contributed by atoms with van der Waals surface area (Å²) in [5, 5.41) is 15.8. The first-order valence-electron chi connectivity index (χ1n) is 6.94. The van der Waals surface area contributed by atoms with Gasteiger partial charge in [0.05, 0.1) is 12.3 Å². The Kier molecular flexibility index (Phi) is 4.72. The molecule has 1 atom stereocenters. The van der Waals surface area contributed by atoms with Crippen molar-refractivity contribution >= 4 is 28.3 Å². The summed E-state index contributed by atoms with van der Waals surface area (Å²) in [5.74, 6) is -1.32. The molecule has 1 heterocycles. The van der Waals surface area contributed by atoms with Crippen LogP contribution in [-0.4, -0.2) is 22.1 Å². The van der Waals surface area contributed by atoms with Gasteiger partial charge in [-0.05, 0) is 64.6 Å². The molecule has 1 aliphatic rings. The van der Waals surface area contributed by atoms with Gasteiger partial charge in [0.1, 0.15) is 11.6 Å². The average Bonchev–Trinajstić information content (AvgIpc) is 2.48. The lowest BCUT2D eigenvalue weighted by Gasteiger charge is -2.27. The second kappa shape index (κ2) is 6.76. The van der Waals surface area contributed by atoms with E-state index in [0.717, 1.165) is 15.2 Å². The molecule has 1 N–H and O–H groups in total. The van der Waals surface area contributed by atoms with Crippen LogP contribution in [0.5, 0.6) is 0 Å². The highest BCUT2D eigenvalue weighted by Crippen LogP contribution is 2.18. The van der Waals surface area contributed by atoms with E-state index in [-0.39, 0.29) is 0 Å². The van der Waals surface area contributed by atoms with E-state index in [4.69, 9.17) is 0 Å². The van der Waals surface area contributed by atoms with Crippen molar-refractivity contribution in [2.24, 2.45) is 5.10 Å². The van der Waals surface area contributed by atoms with Crippen LogP contribution < -0.4 is 0 Å². The Morgan fingerprint density at radius 2 is 1.87 bits per heavy atom. The Morgan fingerprint density at radius 1 is 1.13 bits per heavy atom. The summed E-state index contributed by atoms with van der Waals surface area (Å²) in [6.07, 6.45) is 2.22. The molecule has 23 heavy (non-hydrogen) atoms. The number of hydrogen-bond donors (Lipinski definition) is 1. The van der Waals surface area contributed by atoms with Crippen LogP contribution in [0.3, 0.4) is 0 Å². The fourth-order valence-electron chi connectivity index (χ4n) is 2.31. The molecule has 118 valence electrons. The van der Waals surface area contributed by atoms with E-state index >= 15 is 0 Å². The molecule has 0 fully saturated rings. The van der Waals surface area contributed by atoms with Crippen LogP contribution in [0.4, 0.5) is 8.78 Å². The predicted octanol–water partition coefficient (Wildman–Crippen LogP) is 3.66. The van der Waals surface area contributed by atoms with Gasteiger partial charge in [-0.15, -0.1) is 0 Å². The minimum atomic E-state index is -0.880. The molecule has 6 heteroatoms. The van der Waals surface area contributed by atoms with Crippen LogP contribution in [-0.2, 0) is 6.54 Å².